The Bertz CT molecular complexity index is 758. The molecule has 0 atom stereocenters. The van der Waals surface area contributed by atoms with E-state index in [2.05, 4.69) is 0 Å². The fourth-order valence-corrected chi connectivity index (χ4v) is 4.74. The van der Waals surface area contributed by atoms with Crippen LogP contribution in [0.25, 0.3) is 0 Å². The van der Waals surface area contributed by atoms with Crippen molar-refractivity contribution in [2.75, 3.05) is 31.9 Å². The van der Waals surface area contributed by atoms with Crippen molar-refractivity contribution in [3.63, 3.8) is 0 Å². The Morgan fingerprint density at radius 1 is 0.962 bits per heavy atom. The van der Waals surface area contributed by atoms with Gasteiger partial charge in [0.1, 0.15) is 0 Å². The van der Waals surface area contributed by atoms with Gasteiger partial charge in [-0.3, -0.25) is 9.59 Å². The van der Waals surface area contributed by atoms with Crippen LogP contribution in [0.3, 0.4) is 0 Å². The molecule has 0 saturated carbocycles. The predicted octanol–water partition coefficient (Wildman–Crippen LogP) is 0.672. The third-order valence-corrected chi connectivity index (χ3v) is 7.06. The Morgan fingerprint density at radius 3 is 2.23 bits per heavy atom. The summed E-state index contributed by atoms with van der Waals surface area (Å²) in [6.45, 7) is 3.90. The van der Waals surface area contributed by atoms with Crippen LogP contribution >= 0.6 is 0 Å². The van der Waals surface area contributed by atoms with Gasteiger partial charge in [0.15, 0.2) is 0 Å². The second kappa shape index (κ2) is 7.75. The first-order chi connectivity index (χ1) is 12.4. The second-order valence-corrected chi connectivity index (χ2v) is 9.00. The largest absolute Gasteiger partial charge is 0.330 e. The number of piperidine rings is 1. The maximum absolute atomic E-state index is 12.6. The molecular formula is C18H25N3O4S. The third-order valence-electron chi connectivity index (χ3n) is 5.18. The minimum absolute atomic E-state index is 0.0615. The SMILES string of the molecule is CCS(=O)(=O)N1CCC(N2CCN(Cc3ccccc3)C(=O)C2=O)CC1. The summed E-state index contributed by atoms with van der Waals surface area (Å²) in [5, 5.41) is 0. The smallest absolute Gasteiger partial charge is 0.312 e. The highest BCUT2D eigenvalue weighted by Gasteiger charge is 2.38. The molecule has 2 amide bonds. The highest BCUT2D eigenvalue weighted by molar-refractivity contribution is 7.89. The highest BCUT2D eigenvalue weighted by atomic mass is 32.2. The van der Waals surface area contributed by atoms with Gasteiger partial charge in [0, 0.05) is 38.8 Å². The summed E-state index contributed by atoms with van der Waals surface area (Å²) < 4.78 is 25.4. The molecule has 2 heterocycles. The number of rotatable bonds is 5. The quantitative estimate of drug-likeness (QED) is 0.705. The third kappa shape index (κ3) is 3.91. The summed E-state index contributed by atoms with van der Waals surface area (Å²) in [6.07, 6.45) is 1.16. The van der Waals surface area contributed by atoms with E-state index < -0.39 is 21.8 Å². The first-order valence-corrected chi connectivity index (χ1v) is 10.6. The highest BCUT2D eigenvalue weighted by Crippen LogP contribution is 2.22. The fourth-order valence-electron chi connectivity index (χ4n) is 3.61. The first-order valence-electron chi connectivity index (χ1n) is 9.04. The molecule has 2 aliphatic heterocycles. The molecule has 0 spiro atoms. The number of hydrogen-bond acceptors (Lipinski definition) is 4. The van der Waals surface area contributed by atoms with E-state index in [1.807, 2.05) is 30.3 Å². The van der Waals surface area contributed by atoms with E-state index in [1.165, 1.54) is 4.31 Å². The van der Waals surface area contributed by atoms with Gasteiger partial charge in [-0.1, -0.05) is 30.3 Å². The van der Waals surface area contributed by atoms with Crippen molar-refractivity contribution < 1.29 is 18.0 Å². The van der Waals surface area contributed by atoms with E-state index in [-0.39, 0.29) is 11.8 Å². The van der Waals surface area contributed by atoms with Crippen molar-refractivity contribution >= 4 is 21.8 Å². The van der Waals surface area contributed by atoms with Crippen LogP contribution in [0.5, 0.6) is 0 Å². The minimum Gasteiger partial charge on any atom is -0.330 e. The molecular weight excluding hydrogens is 354 g/mol. The number of piperazine rings is 1. The van der Waals surface area contributed by atoms with E-state index in [4.69, 9.17) is 0 Å². The number of carbonyl (C=O) groups excluding carboxylic acids is 2. The molecule has 1 aromatic rings. The number of amides is 2. The predicted molar refractivity (Wildman–Crippen MR) is 97.6 cm³/mol. The van der Waals surface area contributed by atoms with Gasteiger partial charge in [0.05, 0.1) is 5.75 Å². The van der Waals surface area contributed by atoms with Crippen molar-refractivity contribution in [1.82, 2.24) is 14.1 Å². The van der Waals surface area contributed by atoms with Gasteiger partial charge in [0.25, 0.3) is 0 Å². The molecule has 2 fully saturated rings. The van der Waals surface area contributed by atoms with Crippen LogP contribution in [0, 0.1) is 0 Å². The normalized spacial score (nSPS) is 20.7. The zero-order chi connectivity index (χ0) is 18.7. The summed E-state index contributed by atoms with van der Waals surface area (Å²) in [6, 6.07) is 9.56. The lowest BCUT2D eigenvalue weighted by molar-refractivity contribution is -0.158. The summed E-state index contributed by atoms with van der Waals surface area (Å²) in [4.78, 5) is 28.3. The maximum Gasteiger partial charge on any atom is 0.312 e. The van der Waals surface area contributed by atoms with Crippen molar-refractivity contribution in [2.24, 2.45) is 0 Å². The van der Waals surface area contributed by atoms with Crippen LogP contribution in [0.15, 0.2) is 30.3 Å². The fraction of sp³-hybridized carbons (Fsp3) is 0.556. The summed E-state index contributed by atoms with van der Waals surface area (Å²) in [7, 11) is -3.19. The zero-order valence-electron chi connectivity index (χ0n) is 15.0. The van der Waals surface area contributed by atoms with Crippen molar-refractivity contribution in [2.45, 2.75) is 32.4 Å². The van der Waals surface area contributed by atoms with Crippen molar-refractivity contribution in [3.8, 4) is 0 Å². The van der Waals surface area contributed by atoms with Crippen LogP contribution in [-0.2, 0) is 26.2 Å². The molecule has 142 valence electrons. The number of benzene rings is 1. The molecule has 0 bridgehead atoms. The van der Waals surface area contributed by atoms with Gasteiger partial charge in [-0.05, 0) is 25.3 Å². The average Bonchev–Trinajstić information content (AvgIpc) is 2.67. The number of nitrogens with zero attached hydrogens (tertiary/aromatic N) is 3. The molecule has 26 heavy (non-hydrogen) atoms. The van der Waals surface area contributed by atoms with Crippen LogP contribution < -0.4 is 0 Å². The van der Waals surface area contributed by atoms with Crippen LogP contribution in [0.1, 0.15) is 25.3 Å². The Labute approximate surface area is 154 Å². The van der Waals surface area contributed by atoms with E-state index in [0.29, 0.717) is 45.6 Å². The molecule has 0 aromatic heterocycles. The minimum atomic E-state index is -3.19. The van der Waals surface area contributed by atoms with Gasteiger partial charge >= 0.3 is 11.8 Å². The lowest BCUT2D eigenvalue weighted by Gasteiger charge is -2.41. The lowest BCUT2D eigenvalue weighted by atomic mass is 10.0. The molecule has 0 aliphatic carbocycles. The van der Waals surface area contributed by atoms with E-state index >= 15 is 0 Å². The van der Waals surface area contributed by atoms with Crippen LogP contribution in [0.4, 0.5) is 0 Å². The van der Waals surface area contributed by atoms with E-state index in [9.17, 15) is 18.0 Å². The number of carbonyl (C=O) groups is 2. The summed E-state index contributed by atoms with van der Waals surface area (Å²) in [5.41, 5.74) is 1.00. The number of sulfonamides is 1. The monoisotopic (exact) mass is 379 g/mol. The van der Waals surface area contributed by atoms with Gasteiger partial charge < -0.3 is 9.80 Å². The van der Waals surface area contributed by atoms with Gasteiger partial charge in [-0.2, -0.15) is 0 Å². The molecule has 0 N–H and O–H groups in total. The van der Waals surface area contributed by atoms with Crippen LogP contribution in [-0.4, -0.2) is 72.3 Å². The Balaban J connectivity index is 1.59. The Hall–Kier alpha value is -1.93. The summed E-state index contributed by atoms with van der Waals surface area (Å²) in [5.74, 6) is -0.847. The standard InChI is InChI=1S/C18H25N3O4S/c1-2-26(24,25)20-10-8-16(9-11-20)21-13-12-19(17(22)18(21)23)14-15-6-4-3-5-7-15/h3-7,16H,2,8-14H2,1H3. The van der Waals surface area contributed by atoms with Gasteiger partial charge in [-0.15, -0.1) is 0 Å². The van der Waals surface area contributed by atoms with E-state index in [0.717, 1.165) is 5.56 Å². The zero-order valence-corrected chi connectivity index (χ0v) is 15.8. The van der Waals surface area contributed by atoms with Gasteiger partial charge in [-0.25, -0.2) is 12.7 Å². The summed E-state index contributed by atoms with van der Waals surface area (Å²) >= 11 is 0. The molecule has 0 unspecified atom stereocenters. The first kappa shape index (κ1) is 18.8. The molecule has 1 aromatic carbocycles. The molecule has 3 rings (SSSR count). The molecule has 8 heteroatoms. The topological polar surface area (TPSA) is 78.0 Å². The van der Waals surface area contributed by atoms with E-state index in [1.54, 1.807) is 16.7 Å². The Morgan fingerprint density at radius 2 is 1.62 bits per heavy atom. The number of hydrogen-bond donors (Lipinski definition) is 0. The lowest BCUT2D eigenvalue weighted by Crippen LogP contribution is -2.59. The van der Waals surface area contributed by atoms with Crippen molar-refractivity contribution in [3.05, 3.63) is 35.9 Å². The Kier molecular flexibility index (Phi) is 5.62. The molecule has 2 aliphatic rings. The van der Waals surface area contributed by atoms with Crippen molar-refractivity contribution in [1.29, 1.82) is 0 Å². The molecule has 7 nitrogen and oxygen atoms in total. The second-order valence-electron chi connectivity index (χ2n) is 6.74. The average molecular weight is 379 g/mol. The van der Waals surface area contributed by atoms with Crippen LogP contribution in [0.2, 0.25) is 0 Å². The van der Waals surface area contributed by atoms with Gasteiger partial charge in [0.2, 0.25) is 10.0 Å². The maximum atomic E-state index is 12.6. The molecule has 2 saturated heterocycles. The molecule has 0 radical (unpaired) electrons.